The van der Waals surface area contributed by atoms with Gasteiger partial charge in [-0.05, 0) is 24.3 Å². The Morgan fingerprint density at radius 3 is 2.44 bits per heavy atom. The third kappa shape index (κ3) is 2.86. The molecule has 1 aromatic heterocycles. The molecule has 0 amide bonds. The number of hydrogen-bond donors (Lipinski definition) is 0. The molecule has 0 radical (unpaired) electrons. The van der Waals surface area contributed by atoms with Gasteiger partial charge < -0.3 is 4.74 Å². The average molecular weight is 289 g/mol. The fourth-order valence-corrected chi connectivity index (χ4v) is 2.26. The fourth-order valence-electron chi connectivity index (χ4n) is 1.29. The smallest absolute Gasteiger partial charge is 0.210 e. The van der Waals surface area contributed by atoms with E-state index in [9.17, 15) is 13.6 Å². The molecule has 0 unspecified atom stereocenters. The number of carbonyl (C=O) groups is 1. The summed E-state index contributed by atoms with van der Waals surface area (Å²) in [5.41, 5.74) is 0. The number of benzene rings is 1. The number of hydrogen-bond acceptors (Lipinski definition) is 3. The van der Waals surface area contributed by atoms with Gasteiger partial charge in [0.25, 0.3) is 0 Å². The van der Waals surface area contributed by atoms with E-state index < -0.39 is 24.0 Å². The number of thiophene rings is 1. The summed E-state index contributed by atoms with van der Waals surface area (Å²) < 4.78 is 31.8. The SMILES string of the molecule is O=C(COc1c(F)cccc1F)c1ccc(Cl)s1. The molecule has 0 fully saturated rings. The van der Waals surface area contributed by atoms with Gasteiger partial charge in [-0.1, -0.05) is 17.7 Å². The summed E-state index contributed by atoms with van der Waals surface area (Å²) in [7, 11) is 0. The molecule has 0 bridgehead atoms. The first-order chi connectivity index (χ1) is 8.58. The topological polar surface area (TPSA) is 26.3 Å². The van der Waals surface area contributed by atoms with Gasteiger partial charge in [-0.2, -0.15) is 0 Å². The minimum absolute atomic E-state index is 0.380. The van der Waals surface area contributed by atoms with E-state index in [0.29, 0.717) is 9.21 Å². The van der Waals surface area contributed by atoms with Gasteiger partial charge in [0.05, 0.1) is 9.21 Å². The number of para-hydroxylation sites is 1. The van der Waals surface area contributed by atoms with Gasteiger partial charge in [-0.15, -0.1) is 11.3 Å². The molecule has 1 aromatic carbocycles. The van der Waals surface area contributed by atoms with Crippen LogP contribution in [0.5, 0.6) is 5.75 Å². The summed E-state index contributed by atoms with van der Waals surface area (Å²) in [6.07, 6.45) is 0. The number of halogens is 3. The zero-order valence-electron chi connectivity index (χ0n) is 8.95. The Bertz CT molecular complexity index is 563. The molecule has 2 aromatic rings. The summed E-state index contributed by atoms with van der Waals surface area (Å²) >= 11 is 6.77. The highest BCUT2D eigenvalue weighted by Crippen LogP contribution is 2.24. The van der Waals surface area contributed by atoms with Crippen LogP contribution in [-0.4, -0.2) is 12.4 Å². The summed E-state index contributed by atoms with van der Waals surface area (Å²) in [5.74, 6) is -2.61. The Hall–Kier alpha value is -1.46. The second-order valence-electron chi connectivity index (χ2n) is 3.37. The Morgan fingerprint density at radius 2 is 1.89 bits per heavy atom. The molecule has 0 N–H and O–H groups in total. The lowest BCUT2D eigenvalue weighted by molar-refractivity contribution is 0.0919. The lowest BCUT2D eigenvalue weighted by atomic mass is 10.3. The molecule has 0 aliphatic rings. The second kappa shape index (κ2) is 5.46. The maximum Gasteiger partial charge on any atom is 0.210 e. The van der Waals surface area contributed by atoms with Gasteiger partial charge in [0.2, 0.25) is 5.78 Å². The van der Waals surface area contributed by atoms with Crippen LogP contribution in [0.25, 0.3) is 0 Å². The predicted octanol–water partition coefficient (Wildman–Crippen LogP) is 3.94. The Kier molecular flexibility index (Phi) is 3.93. The van der Waals surface area contributed by atoms with Crippen molar-refractivity contribution in [2.24, 2.45) is 0 Å². The number of ether oxygens (including phenoxy) is 1. The largest absolute Gasteiger partial charge is 0.479 e. The van der Waals surface area contributed by atoms with Crippen molar-refractivity contribution in [1.82, 2.24) is 0 Å². The normalized spacial score (nSPS) is 10.4. The van der Waals surface area contributed by atoms with Gasteiger partial charge in [0.15, 0.2) is 24.0 Å². The van der Waals surface area contributed by atoms with Gasteiger partial charge >= 0.3 is 0 Å². The van der Waals surface area contributed by atoms with Crippen LogP contribution in [0.3, 0.4) is 0 Å². The Balaban J connectivity index is 2.06. The first kappa shape index (κ1) is 13.0. The van der Waals surface area contributed by atoms with E-state index in [2.05, 4.69) is 0 Å². The average Bonchev–Trinajstić information content (AvgIpc) is 2.75. The van der Waals surface area contributed by atoms with Crippen LogP contribution < -0.4 is 4.74 Å². The van der Waals surface area contributed by atoms with E-state index >= 15 is 0 Å². The van der Waals surface area contributed by atoms with Crippen LogP contribution in [0.2, 0.25) is 4.34 Å². The molecule has 6 heteroatoms. The molecular formula is C12H7ClF2O2S. The van der Waals surface area contributed by atoms with Crippen LogP contribution >= 0.6 is 22.9 Å². The zero-order valence-corrected chi connectivity index (χ0v) is 10.5. The molecule has 0 saturated heterocycles. The van der Waals surface area contributed by atoms with Crippen LogP contribution in [0.15, 0.2) is 30.3 Å². The van der Waals surface area contributed by atoms with Gasteiger partial charge in [-0.25, -0.2) is 8.78 Å². The monoisotopic (exact) mass is 288 g/mol. The standard InChI is InChI=1S/C12H7ClF2O2S/c13-11-5-4-10(18-11)9(16)6-17-12-7(14)2-1-3-8(12)15/h1-5H,6H2. The lowest BCUT2D eigenvalue weighted by Crippen LogP contribution is -2.11. The van der Waals surface area contributed by atoms with Crippen molar-refractivity contribution in [3.8, 4) is 5.75 Å². The van der Waals surface area contributed by atoms with Crippen LogP contribution in [0.1, 0.15) is 9.67 Å². The summed E-state index contributed by atoms with van der Waals surface area (Å²) in [6, 6.07) is 6.45. The summed E-state index contributed by atoms with van der Waals surface area (Å²) in [4.78, 5) is 12.0. The van der Waals surface area contributed by atoms with Crippen LogP contribution in [0, 0.1) is 11.6 Å². The maximum atomic E-state index is 13.2. The van der Waals surface area contributed by atoms with Crippen molar-refractivity contribution in [3.63, 3.8) is 0 Å². The van der Waals surface area contributed by atoms with Crippen molar-refractivity contribution >= 4 is 28.7 Å². The molecule has 2 nitrogen and oxygen atoms in total. The highest BCUT2D eigenvalue weighted by molar-refractivity contribution is 7.18. The highest BCUT2D eigenvalue weighted by Gasteiger charge is 2.14. The minimum Gasteiger partial charge on any atom is -0.479 e. The number of ketones is 1. The molecule has 18 heavy (non-hydrogen) atoms. The number of rotatable bonds is 4. The molecule has 0 spiro atoms. The predicted molar refractivity (Wildman–Crippen MR) is 65.5 cm³/mol. The van der Waals surface area contributed by atoms with Crippen molar-refractivity contribution in [2.75, 3.05) is 6.61 Å². The maximum absolute atomic E-state index is 13.2. The fraction of sp³-hybridized carbons (Fsp3) is 0.0833. The van der Waals surface area contributed by atoms with Crippen LogP contribution in [-0.2, 0) is 0 Å². The first-order valence-electron chi connectivity index (χ1n) is 4.93. The molecule has 0 aliphatic heterocycles. The molecule has 0 saturated carbocycles. The van der Waals surface area contributed by atoms with E-state index in [4.69, 9.17) is 16.3 Å². The van der Waals surface area contributed by atoms with E-state index in [1.807, 2.05) is 0 Å². The van der Waals surface area contributed by atoms with E-state index in [0.717, 1.165) is 23.5 Å². The van der Waals surface area contributed by atoms with Crippen molar-refractivity contribution < 1.29 is 18.3 Å². The van der Waals surface area contributed by atoms with E-state index in [-0.39, 0.29) is 5.78 Å². The Labute approximate surface area is 111 Å². The van der Waals surface area contributed by atoms with E-state index in [1.54, 1.807) is 6.07 Å². The molecule has 1 heterocycles. The first-order valence-corrected chi connectivity index (χ1v) is 6.12. The van der Waals surface area contributed by atoms with Gasteiger partial charge in [-0.3, -0.25) is 4.79 Å². The third-order valence-electron chi connectivity index (χ3n) is 2.11. The van der Waals surface area contributed by atoms with Crippen molar-refractivity contribution in [3.05, 3.63) is 51.2 Å². The third-order valence-corrected chi connectivity index (χ3v) is 3.39. The van der Waals surface area contributed by atoms with E-state index in [1.165, 1.54) is 12.1 Å². The number of carbonyl (C=O) groups excluding carboxylic acids is 1. The van der Waals surface area contributed by atoms with Crippen LogP contribution in [0.4, 0.5) is 8.78 Å². The van der Waals surface area contributed by atoms with Crippen molar-refractivity contribution in [2.45, 2.75) is 0 Å². The molecule has 0 aliphatic carbocycles. The van der Waals surface area contributed by atoms with Gasteiger partial charge in [0.1, 0.15) is 0 Å². The summed E-state index contributed by atoms with van der Waals surface area (Å²) in [6.45, 7) is -0.436. The number of Topliss-reactive ketones (excluding diaryl/α,β-unsaturated/α-hetero) is 1. The quantitative estimate of drug-likeness (QED) is 0.797. The molecule has 94 valence electrons. The second-order valence-corrected chi connectivity index (χ2v) is 5.08. The lowest BCUT2D eigenvalue weighted by Gasteiger charge is -2.06. The highest BCUT2D eigenvalue weighted by atomic mass is 35.5. The zero-order chi connectivity index (χ0) is 13.1. The van der Waals surface area contributed by atoms with Crippen molar-refractivity contribution in [1.29, 1.82) is 0 Å². The molecule has 0 atom stereocenters. The molecule has 2 rings (SSSR count). The minimum atomic E-state index is -0.841. The Morgan fingerprint density at radius 1 is 1.22 bits per heavy atom. The summed E-state index contributed by atoms with van der Waals surface area (Å²) in [5, 5.41) is 0. The molecular weight excluding hydrogens is 282 g/mol. The van der Waals surface area contributed by atoms with Gasteiger partial charge in [0, 0.05) is 0 Å².